The van der Waals surface area contributed by atoms with E-state index in [0.717, 1.165) is 19.6 Å². The van der Waals surface area contributed by atoms with Crippen LogP contribution in [0.3, 0.4) is 0 Å². The van der Waals surface area contributed by atoms with E-state index in [-0.39, 0.29) is 10.5 Å². The van der Waals surface area contributed by atoms with Gasteiger partial charge < -0.3 is 9.88 Å². The van der Waals surface area contributed by atoms with E-state index in [2.05, 4.69) is 14.6 Å². The Kier molecular flexibility index (Phi) is 4.15. The fraction of sp³-hybridized carbons (Fsp3) is 0.545. The Bertz CT molecular complexity index is 526. The molecule has 1 aromatic heterocycles. The van der Waals surface area contributed by atoms with Gasteiger partial charge in [0, 0.05) is 25.4 Å². The zero-order chi connectivity index (χ0) is 13.0. The van der Waals surface area contributed by atoms with E-state index >= 15 is 0 Å². The van der Waals surface area contributed by atoms with Gasteiger partial charge in [-0.1, -0.05) is 0 Å². The van der Waals surface area contributed by atoms with E-state index in [1.807, 2.05) is 0 Å². The number of aromatic amines is 1. The third-order valence-corrected chi connectivity index (χ3v) is 4.44. The molecule has 18 heavy (non-hydrogen) atoms. The fourth-order valence-corrected chi connectivity index (χ4v) is 2.98. The highest BCUT2D eigenvalue weighted by molar-refractivity contribution is 7.89. The highest BCUT2D eigenvalue weighted by Gasteiger charge is 2.15. The average molecular weight is 271 g/mol. The van der Waals surface area contributed by atoms with Crippen molar-refractivity contribution in [3.05, 3.63) is 28.7 Å². The highest BCUT2D eigenvalue weighted by atomic mass is 32.2. The Morgan fingerprint density at radius 1 is 1.28 bits per heavy atom. The van der Waals surface area contributed by atoms with E-state index in [9.17, 15) is 13.2 Å². The summed E-state index contributed by atoms with van der Waals surface area (Å²) in [7, 11) is -3.52. The predicted molar refractivity (Wildman–Crippen MR) is 67.9 cm³/mol. The van der Waals surface area contributed by atoms with Gasteiger partial charge in [-0.25, -0.2) is 13.1 Å². The Morgan fingerprint density at radius 3 is 2.61 bits per heavy atom. The number of nitrogens with zero attached hydrogens (tertiary/aromatic N) is 1. The van der Waals surface area contributed by atoms with Crippen LogP contribution in [0.4, 0.5) is 0 Å². The molecule has 0 amide bonds. The maximum atomic E-state index is 11.9. The second kappa shape index (κ2) is 5.64. The van der Waals surface area contributed by atoms with E-state index in [4.69, 9.17) is 0 Å². The zero-order valence-electron chi connectivity index (χ0n) is 10.1. The van der Waals surface area contributed by atoms with Crippen molar-refractivity contribution in [1.29, 1.82) is 0 Å². The molecule has 2 rings (SSSR count). The molecule has 1 aliphatic rings. The molecule has 2 N–H and O–H groups in total. The molecule has 0 aromatic carbocycles. The second-order valence-electron chi connectivity index (χ2n) is 4.34. The number of nitrogens with one attached hydrogen (secondary N) is 2. The zero-order valence-corrected chi connectivity index (χ0v) is 10.9. The first-order valence-corrected chi connectivity index (χ1v) is 7.47. The Morgan fingerprint density at radius 2 is 2.00 bits per heavy atom. The van der Waals surface area contributed by atoms with Crippen molar-refractivity contribution in [2.24, 2.45) is 0 Å². The molecular formula is C11H17N3O3S. The largest absolute Gasteiger partial charge is 0.328 e. The number of likely N-dealkylation sites (tertiary alicyclic amines) is 1. The molecule has 0 bridgehead atoms. The lowest BCUT2D eigenvalue weighted by Gasteiger charge is -2.14. The molecule has 6 nitrogen and oxygen atoms in total. The standard InChI is InChI=1S/C11H17N3O3S/c15-11-4-3-10(9-12-11)18(16,17)13-5-8-14-6-1-2-7-14/h3-4,9,13H,1-2,5-8H2,(H,12,15). The summed E-state index contributed by atoms with van der Waals surface area (Å²) < 4.78 is 26.3. The summed E-state index contributed by atoms with van der Waals surface area (Å²) in [5.41, 5.74) is -0.314. The number of aromatic nitrogens is 1. The van der Waals surface area contributed by atoms with Gasteiger partial charge in [0.15, 0.2) is 0 Å². The van der Waals surface area contributed by atoms with E-state index in [1.165, 1.54) is 31.2 Å². The van der Waals surface area contributed by atoms with Crippen LogP contribution in [0.15, 0.2) is 28.0 Å². The topological polar surface area (TPSA) is 82.3 Å². The van der Waals surface area contributed by atoms with Crippen LogP contribution in [0.25, 0.3) is 0 Å². The van der Waals surface area contributed by atoms with Crippen molar-refractivity contribution in [2.45, 2.75) is 17.7 Å². The van der Waals surface area contributed by atoms with Crippen molar-refractivity contribution >= 4 is 10.0 Å². The van der Waals surface area contributed by atoms with E-state index in [0.29, 0.717) is 6.54 Å². The number of hydrogen-bond donors (Lipinski definition) is 2. The van der Waals surface area contributed by atoms with Crippen molar-refractivity contribution in [1.82, 2.24) is 14.6 Å². The molecule has 0 atom stereocenters. The number of hydrogen-bond acceptors (Lipinski definition) is 4. The molecule has 1 fully saturated rings. The minimum Gasteiger partial charge on any atom is -0.328 e. The third kappa shape index (κ3) is 3.41. The predicted octanol–water partition coefficient (Wildman–Crippen LogP) is -0.251. The minimum atomic E-state index is -3.52. The monoisotopic (exact) mass is 271 g/mol. The van der Waals surface area contributed by atoms with Crippen LogP contribution in [-0.4, -0.2) is 44.5 Å². The van der Waals surface area contributed by atoms with Crippen LogP contribution >= 0.6 is 0 Å². The van der Waals surface area contributed by atoms with Gasteiger partial charge in [-0.05, 0) is 32.0 Å². The molecule has 7 heteroatoms. The van der Waals surface area contributed by atoms with Crippen LogP contribution in [0.1, 0.15) is 12.8 Å². The molecule has 0 aliphatic carbocycles. The Hall–Kier alpha value is -1.18. The minimum absolute atomic E-state index is 0.0866. The average Bonchev–Trinajstić information content (AvgIpc) is 2.82. The van der Waals surface area contributed by atoms with Crippen molar-refractivity contribution < 1.29 is 8.42 Å². The molecule has 100 valence electrons. The van der Waals surface area contributed by atoms with Gasteiger partial charge in [0.2, 0.25) is 15.6 Å². The van der Waals surface area contributed by atoms with Gasteiger partial charge in [0.05, 0.1) is 4.90 Å². The second-order valence-corrected chi connectivity index (χ2v) is 6.10. The Labute approximate surface area is 106 Å². The van der Waals surface area contributed by atoms with Crippen LogP contribution in [-0.2, 0) is 10.0 Å². The SMILES string of the molecule is O=c1ccc(S(=O)(=O)NCCN2CCCC2)c[nH]1. The van der Waals surface area contributed by atoms with Gasteiger partial charge in [-0.2, -0.15) is 0 Å². The van der Waals surface area contributed by atoms with Gasteiger partial charge in [-0.3, -0.25) is 4.79 Å². The molecule has 0 saturated carbocycles. The first kappa shape index (κ1) is 13.3. The lowest BCUT2D eigenvalue weighted by molar-refractivity contribution is 0.344. The van der Waals surface area contributed by atoms with E-state index in [1.54, 1.807) is 0 Å². The van der Waals surface area contributed by atoms with Crippen molar-refractivity contribution in [3.63, 3.8) is 0 Å². The van der Waals surface area contributed by atoms with Crippen molar-refractivity contribution in [2.75, 3.05) is 26.2 Å². The van der Waals surface area contributed by atoms with Crippen LogP contribution in [0.5, 0.6) is 0 Å². The molecule has 2 heterocycles. The van der Waals surface area contributed by atoms with Gasteiger partial charge in [0.25, 0.3) is 0 Å². The smallest absolute Gasteiger partial charge is 0.247 e. The quantitative estimate of drug-likeness (QED) is 0.773. The summed E-state index contributed by atoms with van der Waals surface area (Å²) in [5.74, 6) is 0. The van der Waals surface area contributed by atoms with Crippen LogP contribution in [0, 0.1) is 0 Å². The number of pyridine rings is 1. The summed E-state index contributed by atoms with van der Waals surface area (Å²) in [6.07, 6.45) is 3.58. The van der Waals surface area contributed by atoms with Crippen molar-refractivity contribution in [3.8, 4) is 0 Å². The van der Waals surface area contributed by atoms with E-state index < -0.39 is 10.0 Å². The maximum Gasteiger partial charge on any atom is 0.247 e. The Balaban J connectivity index is 1.90. The normalized spacial score (nSPS) is 17.1. The first-order chi connectivity index (χ1) is 8.58. The summed E-state index contributed by atoms with van der Waals surface area (Å²) in [4.78, 5) is 15.5. The van der Waals surface area contributed by atoms with Gasteiger partial charge >= 0.3 is 0 Å². The van der Waals surface area contributed by atoms with Gasteiger partial charge in [-0.15, -0.1) is 0 Å². The fourth-order valence-electron chi connectivity index (χ4n) is 1.99. The maximum absolute atomic E-state index is 11.9. The molecule has 0 radical (unpaired) electrons. The molecule has 1 aromatic rings. The lowest BCUT2D eigenvalue weighted by atomic mass is 10.4. The first-order valence-electron chi connectivity index (χ1n) is 5.99. The summed E-state index contributed by atoms with van der Waals surface area (Å²) in [6.45, 7) is 3.20. The highest BCUT2D eigenvalue weighted by Crippen LogP contribution is 2.07. The third-order valence-electron chi connectivity index (χ3n) is 2.98. The van der Waals surface area contributed by atoms with Gasteiger partial charge in [0.1, 0.15) is 0 Å². The number of H-pyrrole nitrogens is 1. The molecule has 0 spiro atoms. The number of rotatable bonds is 5. The van der Waals surface area contributed by atoms with Crippen LogP contribution in [0.2, 0.25) is 0 Å². The molecule has 1 aliphatic heterocycles. The summed E-state index contributed by atoms with van der Waals surface area (Å²) >= 11 is 0. The molecule has 1 saturated heterocycles. The number of sulfonamides is 1. The van der Waals surface area contributed by atoms with Crippen LogP contribution < -0.4 is 10.3 Å². The lowest BCUT2D eigenvalue weighted by Crippen LogP contribution is -2.33. The molecule has 0 unspecified atom stereocenters. The summed E-state index contributed by atoms with van der Waals surface area (Å²) in [6, 6.07) is 2.51. The molecular weight excluding hydrogens is 254 g/mol. The summed E-state index contributed by atoms with van der Waals surface area (Å²) in [5, 5.41) is 0.